The molecule has 0 fully saturated rings. The van der Waals surface area contributed by atoms with Crippen LogP contribution in [0.3, 0.4) is 0 Å². The van der Waals surface area contributed by atoms with Crippen LogP contribution in [0.4, 0.5) is 5.69 Å². The third-order valence-electron chi connectivity index (χ3n) is 3.29. The van der Waals surface area contributed by atoms with E-state index in [-0.39, 0.29) is 0 Å². The van der Waals surface area contributed by atoms with Crippen molar-refractivity contribution >= 4 is 17.3 Å². The molecule has 0 saturated heterocycles. The standard InChI is InChI=1S/C17H20ClNO/c1-12-4-7-15(11-17(12)18)19-13(2)10-14-5-8-16(20-3)9-6-14/h4-9,11,13,19H,10H2,1-3H3. The van der Waals surface area contributed by atoms with Crippen molar-refractivity contribution in [3.05, 3.63) is 58.6 Å². The van der Waals surface area contributed by atoms with E-state index in [0.29, 0.717) is 6.04 Å². The highest BCUT2D eigenvalue weighted by atomic mass is 35.5. The first-order valence-electron chi connectivity index (χ1n) is 6.74. The molecule has 2 aromatic carbocycles. The maximum Gasteiger partial charge on any atom is 0.118 e. The van der Waals surface area contributed by atoms with E-state index in [2.05, 4.69) is 30.4 Å². The van der Waals surface area contributed by atoms with Crippen LogP contribution in [0, 0.1) is 6.92 Å². The molecule has 2 rings (SSSR count). The van der Waals surface area contributed by atoms with Crippen molar-refractivity contribution in [1.82, 2.24) is 0 Å². The number of hydrogen-bond donors (Lipinski definition) is 1. The molecule has 0 saturated carbocycles. The van der Waals surface area contributed by atoms with Crippen LogP contribution < -0.4 is 10.1 Å². The molecule has 2 nitrogen and oxygen atoms in total. The smallest absolute Gasteiger partial charge is 0.118 e. The molecule has 0 amide bonds. The van der Waals surface area contributed by atoms with Gasteiger partial charge in [0, 0.05) is 16.8 Å². The number of ether oxygens (including phenoxy) is 1. The molecular formula is C17H20ClNO. The topological polar surface area (TPSA) is 21.3 Å². The Morgan fingerprint density at radius 3 is 2.45 bits per heavy atom. The lowest BCUT2D eigenvalue weighted by atomic mass is 10.1. The van der Waals surface area contributed by atoms with Gasteiger partial charge in [0.05, 0.1) is 7.11 Å². The Hall–Kier alpha value is -1.67. The first-order valence-corrected chi connectivity index (χ1v) is 7.12. The van der Waals surface area contributed by atoms with Crippen LogP contribution in [-0.2, 0) is 6.42 Å². The Bertz CT molecular complexity index is 566. The molecule has 0 heterocycles. The number of aryl methyl sites for hydroxylation is 1. The van der Waals surface area contributed by atoms with Gasteiger partial charge in [0.15, 0.2) is 0 Å². The zero-order chi connectivity index (χ0) is 14.5. The third kappa shape index (κ3) is 3.91. The molecule has 3 heteroatoms. The lowest BCUT2D eigenvalue weighted by Gasteiger charge is -2.16. The van der Waals surface area contributed by atoms with Crippen molar-refractivity contribution in [3.8, 4) is 5.75 Å². The van der Waals surface area contributed by atoms with Gasteiger partial charge in [-0.2, -0.15) is 0 Å². The average molecular weight is 290 g/mol. The van der Waals surface area contributed by atoms with Gasteiger partial charge in [0.2, 0.25) is 0 Å². The summed E-state index contributed by atoms with van der Waals surface area (Å²) in [6.07, 6.45) is 0.954. The lowest BCUT2D eigenvalue weighted by molar-refractivity contribution is 0.414. The van der Waals surface area contributed by atoms with Crippen molar-refractivity contribution < 1.29 is 4.74 Å². The van der Waals surface area contributed by atoms with Crippen molar-refractivity contribution in [2.45, 2.75) is 26.3 Å². The number of methoxy groups -OCH3 is 1. The number of nitrogens with one attached hydrogen (secondary N) is 1. The quantitative estimate of drug-likeness (QED) is 0.861. The van der Waals surface area contributed by atoms with Crippen molar-refractivity contribution in [3.63, 3.8) is 0 Å². The van der Waals surface area contributed by atoms with Gasteiger partial charge >= 0.3 is 0 Å². The fourth-order valence-electron chi connectivity index (χ4n) is 2.13. The Morgan fingerprint density at radius 1 is 1.15 bits per heavy atom. The highest BCUT2D eigenvalue weighted by molar-refractivity contribution is 6.31. The van der Waals surface area contributed by atoms with Crippen LogP contribution >= 0.6 is 11.6 Å². The zero-order valence-electron chi connectivity index (χ0n) is 12.1. The lowest BCUT2D eigenvalue weighted by Crippen LogP contribution is -2.18. The van der Waals surface area contributed by atoms with Gasteiger partial charge in [-0.05, 0) is 55.7 Å². The van der Waals surface area contributed by atoms with Crippen LogP contribution in [0.15, 0.2) is 42.5 Å². The van der Waals surface area contributed by atoms with Crippen LogP contribution in [-0.4, -0.2) is 13.2 Å². The minimum Gasteiger partial charge on any atom is -0.497 e. The van der Waals surface area contributed by atoms with Gasteiger partial charge in [-0.15, -0.1) is 0 Å². The molecule has 106 valence electrons. The summed E-state index contributed by atoms with van der Waals surface area (Å²) in [7, 11) is 1.68. The summed E-state index contributed by atoms with van der Waals surface area (Å²) in [6, 6.07) is 14.6. The maximum atomic E-state index is 6.14. The van der Waals surface area contributed by atoms with Crippen LogP contribution in [0.2, 0.25) is 5.02 Å². The first-order chi connectivity index (χ1) is 9.58. The number of halogens is 1. The maximum absolute atomic E-state index is 6.14. The van der Waals surface area contributed by atoms with Crippen molar-refractivity contribution in [2.75, 3.05) is 12.4 Å². The van der Waals surface area contributed by atoms with Gasteiger partial charge in [0.25, 0.3) is 0 Å². The molecule has 1 unspecified atom stereocenters. The van der Waals surface area contributed by atoms with E-state index in [9.17, 15) is 0 Å². The minimum absolute atomic E-state index is 0.335. The number of rotatable bonds is 5. The van der Waals surface area contributed by atoms with Crippen LogP contribution in [0.5, 0.6) is 5.75 Å². The van der Waals surface area contributed by atoms with Crippen LogP contribution in [0.1, 0.15) is 18.1 Å². The number of anilines is 1. The Morgan fingerprint density at radius 2 is 1.85 bits per heavy atom. The summed E-state index contributed by atoms with van der Waals surface area (Å²) in [5.74, 6) is 0.889. The van der Waals surface area contributed by atoms with Crippen molar-refractivity contribution in [1.29, 1.82) is 0 Å². The SMILES string of the molecule is COc1ccc(CC(C)Nc2ccc(C)c(Cl)c2)cc1. The molecule has 0 spiro atoms. The summed E-state index contributed by atoms with van der Waals surface area (Å²) in [6.45, 7) is 4.17. The fourth-order valence-corrected chi connectivity index (χ4v) is 2.31. The van der Waals surface area contributed by atoms with E-state index in [1.165, 1.54) is 5.56 Å². The van der Waals surface area contributed by atoms with Gasteiger partial charge in [-0.3, -0.25) is 0 Å². The van der Waals surface area contributed by atoms with E-state index in [4.69, 9.17) is 16.3 Å². The first kappa shape index (κ1) is 14.7. The van der Waals surface area contributed by atoms with E-state index < -0.39 is 0 Å². The molecular weight excluding hydrogens is 270 g/mol. The Labute approximate surface area is 125 Å². The summed E-state index contributed by atoms with van der Waals surface area (Å²) >= 11 is 6.14. The van der Waals surface area contributed by atoms with E-state index >= 15 is 0 Å². The molecule has 0 aliphatic carbocycles. The van der Waals surface area contributed by atoms with Gasteiger partial charge in [-0.1, -0.05) is 29.8 Å². The predicted molar refractivity (Wildman–Crippen MR) is 86.0 cm³/mol. The highest BCUT2D eigenvalue weighted by Crippen LogP contribution is 2.21. The molecule has 0 bridgehead atoms. The fraction of sp³-hybridized carbons (Fsp3) is 0.294. The van der Waals surface area contributed by atoms with E-state index in [1.54, 1.807) is 7.11 Å². The summed E-state index contributed by atoms with van der Waals surface area (Å²) in [5.41, 5.74) is 3.44. The van der Waals surface area contributed by atoms with Crippen molar-refractivity contribution in [2.24, 2.45) is 0 Å². The third-order valence-corrected chi connectivity index (χ3v) is 3.69. The number of benzene rings is 2. The highest BCUT2D eigenvalue weighted by Gasteiger charge is 2.05. The second-order valence-corrected chi connectivity index (χ2v) is 5.47. The largest absolute Gasteiger partial charge is 0.497 e. The van der Waals surface area contributed by atoms with Crippen LogP contribution in [0.25, 0.3) is 0 Å². The monoisotopic (exact) mass is 289 g/mol. The predicted octanol–water partition coefficient (Wildman–Crippen LogP) is 4.70. The molecule has 2 aromatic rings. The molecule has 1 atom stereocenters. The molecule has 20 heavy (non-hydrogen) atoms. The minimum atomic E-state index is 0.335. The molecule has 0 aliphatic rings. The van der Waals surface area contributed by atoms with E-state index in [1.807, 2.05) is 31.2 Å². The van der Waals surface area contributed by atoms with Gasteiger partial charge in [0.1, 0.15) is 5.75 Å². The second-order valence-electron chi connectivity index (χ2n) is 5.06. The number of hydrogen-bond acceptors (Lipinski definition) is 2. The van der Waals surface area contributed by atoms with Gasteiger partial charge in [-0.25, -0.2) is 0 Å². The second kappa shape index (κ2) is 6.67. The van der Waals surface area contributed by atoms with E-state index in [0.717, 1.165) is 28.4 Å². The molecule has 0 aromatic heterocycles. The summed E-state index contributed by atoms with van der Waals surface area (Å²) < 4.78 is 5.16. The molecule has 0 radical (unpaired) electrons. The Kier molecular flexibility index (Phi) is 4.91. The molecule has 0 aliphatic heterocycles. The summed E-state index contributed by atoms with van der Waals surface area (Å²) in [5, 5.41) is 4.27. The molecule has 1 N–H and O–H groups in total. The summed E-state index contributed by atoms with van der Waals surface area (Å²) in [4.78, 5) is 0. The zero-order valence-corrected chi connectivity index (χ0v) is 12.9. The Balaban J connectivity index is 1.97. The normalized spacial score (nSPS) is 12.0. The average Bonchev–Trinajstić information content (AvgIpc) is 2.44. The van der Waals surface area contributed by atoms with Gasteiger partial charge < -0.3 is 10.1 Å².